The normalized spacial score (nSPS) is 20.6. The average molecular weight is 768 g/mol. The van der Waals surface area contributed by atoms with Gasteiger partial charge in [0.25, 0.3) is 20.2 Å². The molecule has 0 bridgehead atoms. The Balaban J connectivity index is 1.68. The van der Waals surface area contributed by atoms with Gasteiger partial charge >= 0.3 is 5.97 Å². The minimum atomic E-state index is -4.57. The Morgan fingerprint density at radius 3 is 2.32 bits per heavy atom. The van der Waals surface area contributed by atoms with Gasteiger partial charge in [-0.25, -0.2) is 0 Å². The third kappa shape index (κ3) is 8.38. The summed E-state index contributed by atoms with van der Waals surface area (Å²) in [6.45, 7) is 17.8. The minimum Gasteiger partial charge on any atom is -0.481 e. The van der Waals surface area contributed by atoms with Gasteiger partial charge in [-0.15, -0.1) is 0 Å². The summed E-state index contributed by atoms with van der Waals surface area (Å²) in [7, 11) is -8.82. The van der Waals surface area contributed by atoms with E-state index < -0.39 is 37.4 Å². The van der Waals surface area contributed by atoms with Crippen LogP contribution in [0.5, 0.6) is 5.75 Å². The summed E-state index contributed by atoms with van der Waals surface area (Å²) in [6, 6.07) is 8.53. The highest BCUT2D eigenvalue weighted by molar-refractivity contribution is 7.86. The summed E-state index contributed by atoms with van der Waals surface area (Å²) in [5, 5.41) is 9.46. The number of carboxylic acid groups (broad SMARTS) is 1. The summed E-state index contributed by atoms with van der Waals surface area (Å²) in [6.07, 6.45) is 10.6. The second-order valence-electron chi connectivity index (χ2n) is 15.8. The number of aliphatic carboxylic acids is 1. The number of nitrogens with zero attached hydrogens (tertiary/aromatic N) is 2. The Morgan fingerprint density at radius 1 is 1.02 bits per heavy atom. The fraction of sp³-hybridized carbons (Fsp3) is 0.450. The van der Waals surface area contributed by atoms with Crippen LogP contribution in [0.15, 0.2) is 71.4 Å². The Kier molecular flexibility index (Phi) is 10.8. The lowest BCUT2D eigenvalue weighted by atomic mass is 9.75. The molecule has 3 N–H and O–H groups in total. The third-order valence-electron chi connectivity index (χ3n) is 10.3. The summed E-state index contributed by atoms with van der Waals surface area (Å²) in [5.41, 5.74) is 5.64. The standard InChI is InChI=1S/C40H50N2O9S2/c1-9-42-33-24-34-30(23-29(33)26(2)25-39(42,6)7)27(21-36(51-34)38(3,4)5)13-10-14-35-40(8,18-11-15-37(43)44)31-22-28(53(48,49)50)16-17-32(31)41(35)19-12-20-52(45,46)47/h10,13-14,16-17,21-25H,9,11-12,15,18-20H2,1-8H3,(H2-,43,44,45,46,47,48,49,50)/p+1. The van der Waals surface area contributed by atoms with Crippen molar-refractivity contribution in [1.29, 1.82) is 0 Å². The summed E-state index contributed by atoms with van der Waals surface area (Å²) < 4.78 is 75.7. The van der Waals surface area contributed by atoms with E-state index in [1.54, 1.807) is 6.07 Å². The molecule has 13 heteroatoms. The molecule has 286 valence electrons. The Labute approximate surface area is 313 Å². The van der Waals surface area contributed by atoms with E-state index in [-0.39, 0.29) is 41.7 Å². The van der Waals surface area contributed by atoms with Crippen molar-refractivity contribution in [1.82, 2.24) is 0 Å². The molecule has 1 unspecified atom stereocenters. The van der Waals surface area contributed by atoms with E-state index in [4.69, 9.17) is 4.74 Å². The summed E-state index contributed by atoms with van der Waals surface area (Å²) in [4.78, 5) is 13.6. The number of hydrogen-bond donors (Lipinski definition) is 3. The van der Waals surface area contributed by atoms with Gasteiger partial charge in [-0.2, -0.15) is 21.4 Å². The third-order valence-corrected chi connectivity index (χ3v) is 12.0. The van der Waals surface area contributed by atoms with E-state index in [0.29, 0.717) is 23.4 Å². The highest BCUT2D eigenvalue weighted by Gasteiger charge is 2.48. The van der Waals surface area contributed by atoms with Crippen molar-refractivity contribution in [3.8, 4) is 5.75 Å². The van der Waals surface area contributed by atoms with Crippen LogP contribution in [0.4, 0.5) is 11.4 Å². The van der Waals surface area contributed by atoms with Crippen LogP contribution in [0, 0.1) is 5.41 Å². The van der Waals surface area contributed by atoms with Crippen LogP contribution in [-0.2, 0) is 30.4 Å². The average Bonchev–Trinajstić information content (AvgIpc) is 3.24. The first-order chi connectivity index (χ1) is 24.5. The van der Waals surface area contributed by atoms with Gasteiger partial charge in [0.1, 0.15) is 18.1 Å². The van der Waals surface area contributed by atoms with Crippen LogP contribution < -0.4 is 9.64 Å². The predicted molar refractivity (Wildman–Crippen MR) is 208 cm³/mol. The van der Waals surface area contributed by atoms with Gasteiger partial charge in [0.2, 0.25) is 5.69 Å². The van der Waals surface area contributed by atoms with Crippen LogP contribution in [0.3, 0.4) is 0 Å². The van der Waals surface area contributed by atoms with Gasteiger partial charge in [-0.1, -0.05) is 39.0 Å². The lowest BCUT2D eigenvalue weighted by Crippen LogP contribution is -2.45. The maximum atomic E-state index is 12.2. The van der Waals surface area contributed by atoms with E-state index in [9.17, 15) is 35.8 Å². The molecule has 3 aliphatic heterocycles. The first kappa shape index (κ1) is 40.2. The Morgan fingerprint density at radius 2 is 1.72 bits per heavy atom. The lowest BCUT2D eigenvalue weighted by Gasteiger charge is -2.43. The molecular weight excluding hydrogens is 717 g/mol. The van der Waals surface area contributed by atoms with Crippen LogP contribution in [0.2, 0.25) is 0 Å². The quantitative estimate of drug-likeness (QED) is 0.144. The zero-order valence-corrected chi connectivity index (χ0v) is 33.4. The molecule has 3 heterocycles. The highest BCUT2D eigenvalue weighted by atomic mass is 32.2. The molecule has 2 aromatic rings. The van der Waals surface area contributed by atoms with Crippen LogP contribution in [-0.4, -0.2) is 71.7 Å². The molecule has 0 spiro atoms. The molecule has 11 nitrogen and oxygen atoms in total. The van der Waals surface area contributed by atoms with Crippen molar-refractivity contribution in [3.63, 3.8) is 0 Å². The number of ether oxygens (including phenoxy) is 1. The molecule has 0 saturated carbocycles. The molecule has 0 radical (unpaired) electrons. The highest BCUT2D eigenvalue weighted by Crippen LogP contribution is 2.48. The SMILES string of the molecule is CCN1c2cc3c(cc2C(C)=CC1(C)C)/C(=C/C=C/C1=[N+](CCCS(=O)(=O)O)c2ccc(S(=O)(=O)O)cc2C1(C)CCCC(=O)O)C=C(C(C)(C)C)O3. The Bertz CT molecular complexity index is 2220. The lowest BCUT2D eigenvalue weighted by molar-refractivity contribution is -0.437. The van der Waals surface area contributed by atoms with Crippen molar-refractivity contribution in [3.05, 3.63) is 83.2 Å². The molecule has 0 amide bonds. The van der Waals surface area contributed by atoms with E-state index in [0.717, 1.165) is 40.4 Å². The van der Waals surface area contributed by atoms with E-state index in [2.05, 4.69) is 71.6 Å². The molecule has 53 heavy (non-hydrogen) atoms. The largest absolute Gasteiger partial charge is 0.481 e. The van der Waals surface area contributed by atoms with E-state index in [1.165, 1.54) is 17.7 Å². The number of allylic oxidation sites excluding steroid dienone is 7. The maximum Gasteiger partial charge on any atom is 0.303 e. The van der Waals surface area contributed by atoms with Gasteiger partial charge in [0.05, 0.1) is 21.6 Å². The zero-order valence-electron chi connectivity index (χ0n) is 31.7. The maximum absolute atomic E-state index is 12.2. The first-order valence-corrected chi connectivity index (χ1v) is 20.9. The predicted octanol–water partition coefficient (Wildman–Crippen LogP) is 7.81. The summed E-state index contributed by atoms with van der Waals surface area (Å²) in [5.74, 6) is 0.0754. The number of carboxylic acids is 1. The van der Waals surface area contributed by atoms with Crippen LogP contribution >= 0.6 is 0 Å². The van der Waals surface area contributed by atoms with Crippen molar-refractivity contribution >= 4 is 54.4 Å². The monoisotopic (exact) mass is 767 g/mol. The molecule has 0 aromatic heterocycles. The smallest absolute Gasteiger partial charge is 0.303 e. The van der Waals surface area contributed by atoms with Gasteiger partial charge < -0.3 is 14.7 Å². The molecular formula is C40H51N2O9S2+. The summed E-state index contributed by atoms with van der Waals surface area (Å²) >= 11 is 0. The van der Waals surface area contributed by atoms with Crippen LogP contribution in [0.25, 0.3) is 11.1 Å². The van der Waals surface area contributed by atoms with E-state index >= 15 is 0 Å². The number of likely N-dealkylation sites (N-methyl/N-ethyl adjacent to an activating group) is 1. The number of carbonyl (C=O) groups is 1. The first-order valence-electron chi connectivity index (χ1n) is 17.8. The molecule has 0 fully saturated rings. The number of fused-ring (bicyclic) bond motifs is 3. The fourth-order valence-corrected chi connectivity index (χ4v) is 8.80. The topological polar surface area (TPSA) is 162 Å². The Hall–Kier alpha value is -4.04. The van der Waals surface area contributed by atoms with Crippen molar-refractivity contribution in [2.45, 2.75) is 96.9 Å². The fourth-order valence-electron chi connectivity index (χ4n) is 7.80. The van der Waals surface area contributed by atoms with Crippen molar-refractivity contribution < 1.29 is 45.2 Å². The zero-order chi connectivity index (χ0) is 39.3. The molecule has 3 aliphatic rings. The molecule has 5 rings (SSSR count). The van der Waals surface area contributed by atoms with Gasteiger partial charge in [0.15, 0.2) is 5.71 Å². The van der Waals surface area contributed by atoms with Crippen LogP contribution in [0.1, 0.15) is 97.8 Å². The van der Waals surface area contributed by atoms with Crippen molar-refractivity contribution in [2.75, 3.05) is 23.7 Å². The minimum absolute atomic E-state index is 0.0634. The van der Waals surface area contributed by atoms with Gasteiger partial charge in [-0.3, -0.25) is 13.9 Å². The van der Waals surface area contributed by atoms with Gasteiger partial charge in [0, 0.05) is 65.4 Å². The molecule has 2 aromatic carbocycles. The second-order valence-corrected chi connectivity index (χ2v) is 18.8. The number of hydrogen-bond acceptors (Lipinski definition) is 7. The number of anilines is 1. The molecule has 1 atom stereocenters. The molecule has 0 aliphatic carbocycles. The number of rotatable bonds is 12. The second kappa shape index (κ2) is 14.3. The number of benzene rings is 2. The van der Waals surface area contributed by atoms with Gasteiger partial charge in [-0.05, 0) is 82.9 Å². The van der Waals surface area contributed by atoms with E-state index in [1.807, 2.05) is 35.8 Å². The van der Waals surface area contributed by atoms with Crippen molar-refractivity contribution in [2.24, 2.45) is 5.41 Å². The molecule has 0 saturated heterocycles.